The lowest BCUT2D eigenvalue weighted by atomic mass is 9.93. The van der Waals surface area contributed by atoms with Crippen LogP contribution in [-0.4, -0.2) is 39.1 Å². The number of sulfone groups is 1. The lowest BCUT2D eigenvalue weighted by molar-refractivity contribution is 0.394. The van der Waals surface area contributed by atoms with Crippen LogP contribution in [0, 0.1) is 5.82 Å². The van der Waals surface area contributed by atoms with Gasteiger partial charge in [-0.1, -0.05) is 12.1 Å². The van der Waals surface area contributed by atoms with E-state index in [0.29, 0.717) is 18.5 Å². The molecule has 0 amide bonds. The zero-order valence-electron chi connectivity index (χ0n) is 11.0. The fraction of sp³-hybridized carbons (Fsp3) is 0.538. The van der Waals surface area contributed by atoms with E-state index in [1.807, 2.05) is 0 Å². The molecule has 0 spiro atoms. The van der Waals surface area contributed by atoms with Crippen molar-refractivity contribution in [2.45, 2.75) is 18.4 Å². The summed E-state index contributed by atoms with van der Waals surface area (Å²) in [6, 6.07) is 6.36. The van der Waals surface area contributed by atoms with Crippen LogP contribution in [0.1, 0.15) is 12.8 Å². The maximum Gasteiger partial charge on any atom is 0.152 e. The molecule has 0 radical (unpaired) electrons. The second-order valence-corrected chi connectivity index (χ2v) is 7.32. The first-order valence-electron chi connectivity index (χ1n) is 6.29. The summed E-state index contributed by atoms with van der Waals surface area (Å²) in [5, 5.41) is 0. The molecule has 1 aromatic rings. The Morgan fingerprint density at radius 2 is 2.11 bits per heavy atom. The van der Waals surface area contributed by atoms with E-state index in [0.717, 1.165) is 0 Å². The van der Waals surface area contributed by atoms with Crippen LogP contribution in [0.25, 0.3) is 0 Å². The number of halogens is 1. The summed E-state index contributed by atoms with van der Waals surface area (Å²) >= 11 is 0. The fourth-order valence-electron chi connectivity index (χ4n) is 2.72. The van der Waals surface area contributed by atoms with Gasteiger partial charge in [-0.3, -0.25) is 0 Å². The van der Waals surface area contributed by atoms with Gasteiger partial charge >= 0.3 is 0 Å². The number of nitrogens with two attached hydrogens (primary N) is 1. The average molecular weight is 286 g/mol. The van der Waals surface area contributed by atoms with Gasteiger partial charge in [-0.05, 0) is 25.0 Å². The van der Waals surface area contributed by atoms with Gasteiger partial charge in [-0.2, -0.15) is 0 Å². The summed E-state index contributed by atoms with van der Waals surface area (Å²) < 4.78 is 37.6. The van der Waals surface area contributed by atoms with E-state index in [1.54, 1.807) is 30.1 Å². The van der Waals surface area contributed by atoms with Gasteiger partial charge in [0.15, 0.2) is 9.84 Å². The predicted molar refractivity (Wildman–Crippen MR) is 74.5 cm³/mol. The summed E-state index contributed by atoms with van der Waals surface area (Å²) in [6.07, 6.45) is 1.23. The van der Waals surface area contributed by atoms with E-state index < -0.39 is 15.4 Å². The van der Waals surface area contributed by atoms with Crippen LogP contribution in [0.2, 0.25) is 0 Å². The van der Waals surface area contributed by atoms with Gasteiger partial charge in [0, 0.05) is 13.6 Å². The lowest BCUT2D eigenvalue weighted by Gasteiger charge is -2.44. The molecule has 1 aromatic carbocycles. The van der Waals surface area contributed by atoms with Gasteiger partial charge in [0.1, 0.15) is 5.82 Å². The number of hydrogen-bond acceptors (Lipinski definition) is 4. The van der Waals surface area contributed by atoms with Crippen molar-refractivity contribution in [1.82, 2.24) is 0 Å². The predicted octanol–water partition coefficient (Wildman–Crippen LogP) is 1.17. The van der Waals surface area contributed by atoms with E-state index in [2.05, 4.69) is 0 Å². The van der Waals surface area contributed by atoms with E-state index >= 15 is 0 Å². The van der Waals surface area contributed by atoms with Crippen molar-refractivity contribution in [1.29, 1.82) is 0 Å². The van der Waals surface area contributed by atoms with Crippen LogP contribution in [0.3, 0.4) is 0 Å². The topological polar surface area (TPSA) is 63.4 Å². The molecule has 106 valence electrons. The quantitative estimate of drug-likeness (QED) is 0.906. The first-order valence-corrected chi connectivity index (χ1v) is 8.11. The Kier molecular flexibility index (Phi) is 3.82. The van der Waals surface area contributed by atoms with Gasteiger partial charge in [-0.25, -0.2) is 12.8 Å². The molecule has 0 bridgehead atoms. The molecule has 1 aliphatic heterocycles. The summed E-state index contributed by atoms with van der Waals surface area (Å²) in [5.41, 5.74) is 5.50. The molecule has 1 atom stereocenters. The summed E-state index contributed by atoms with van der Waals surface area (Å²) in [5.74, 6) is -0.179. The standard InChI is InChI=1S/C13H19FN2O2S/c1-16(12-6-3-2-5-11(12)14)13(9-15)7-4-8-19(17,18)10-13/h2-3,5-6H,4,7-10,15H2,1H3. The molecule has 1 heterocycles. The second kappa shape index (κ2) is 5.09. The molecule has 0 aliphatic carbocycles. The molecular formula is C13H19FN2O2S. The maximum absolute atomic E-state index is 13.9. The zero-order valence-corrected chi connectivity index (χ0v) is 11.8. The van der Waals surface area contributed by atoms with Crippen molar-refractivity contribution in [3.8, 4) is 0 Å². The third kappa shape index (κ3) is 2.74. The van der Waals surface area contributed by atoms with Crippen LogP contribution >= 0.6 is 0 Å². The minimum absolute atomic E-state index is 0.0126. The van der Waals surface area contributed by atoms with Gasteiger partial charge in [0.25, 0.3) is 0 Å². The second-order valence-electron chi connectivity index (χ2n) is 5.13. The Morgan fingerprint density at radius 1 is 1.42 bits per heavy atom. The number of nitrogens with zero attached hydrogens (tertiary/aromatic N) is 1. The van der Waals surface area contributed by atoms with Gasteiger partial charge < -0.3 is 10.6 Å². The van der Waals surface area contributed by atoms with E-state index in [1.165, 1.54) is 6.07 Å². The number of rotatable bonds is 3. The van der Waals surface area contributed by atoms with Crippen LogP contribution in [0.5, 0.6) is 0 Å². The Bertz CT molecular complexity index is 562. The van der Waals surface area contributed by atoms with Crippen molar-refractivity contribution in [2.75, 3.05) is 30.0 Å². The molecule has 2 N–H and O–H groups in total. The molecule has 4 nitrogen and oxygen atoms in total. The molecule has 0 aromatic heterocycles. The number of benzene rings is 1. The van der Waals surface area contributed by atoms with E-state index in [9.17, 15) is 12.8 Å². The maximum atomic E-state index is 13.9. The highest BCUT2D eigenvalue weighted by Gasteiger charge is 2.41. The van der Waals surface area contributed by atoms with Crippen molar-refractivity contribution in [3.05, 3.63) is 30.1 Å². The molecule has 1 saturated heterocycles. The highest BCUT2D eigenvalue weighted by molar-refractivity contribution is 7.91. The fourth-order valence-corrected chi connectivity index (χ4v) is 4.72. The first-order chi connectivity index (χ1) is 8.90. The van der Waals surface area contributed by atoms with Crippen LogP contribution < -0.4 is 10.6 Å². The van der Waals surface area contributed by atoms with E-state index in [4.69, 9.17) is 5.73 Å². The van der Waals surface area contributed by atoms with Gasteiger partial charge in [0.05, 0.1) is 22.7 Å². The third-order valence-electron chi connectivity index (χ3n) is 3.89. The van der Waals surface area contributed by atoms with Crippen molar-refractivity contribution in [2.24, 2.45) is 5.73 Å². The van der Waals surface area contributed by atoms with Gasteiger partial charge in [-0.15, -0.1) is 0 Å². The van der Waals surface area contributed by atoms with Gasteiger partial charge in [0.2, 0.25) is 0 Å². The minimum Gasteiger partial charge on any atom is -0.364 e. The SMILES string of the molecule is CN(c1ccccc1F)C1(CN)CCCS(=O)(=O)C1. The summed E-state index contributed by atoms with van der Waals surface area (Å²) in [6.45, 7) is 0.192. The Balaban J connectivity index is 2.39. The van der Waals surface area contributed by atoms with Crippen LogP contribution in [-0.2, 0) is 9.84 Å². The van der Waals surface area contributed by atoms with Crippen molar-refractivity contribution < 1.29 is 12.8 Å². The molecule has 1 unspecified atom stereocenters. The van der Waals surface area contributed by atoms with Crippen LogP contribution in [0.4, 0.5) is 10.1 Å². The van der Waals surface area contributed by atoms with Crippen molar-refractivity contribution >= 4 is 15.5 Å². The van der Waals surface area contributed by atoms with Crippen molar-refractivity contribution in [3.63, 3.8) is 0 Å². The Hall–Kier alpha value is -1.14. The number of likely N-dealkylation sites (N-methyl/N-ethyl adjacent to an activating group) is 1. The molecule has 19 heavy (non-hydrogen) atoms. The normalized spacial score (nSPS) is 26.1. The zero-order chi connectivity index (χ0) is 14.1. The average Bonchev–Trinajstić information content (AvgIpc) is 2.37. The molecule has 0 saturated carbocycles. The number of anilines is 1. The Morgan fingerprint density at radius 3 is 2.68 bits per heavy atom. The summed E-state index contributed by atoms with van der Waals surface area (Å²) in [4.78, 5) is 1.69. The monoisotopic (exact) mass is 286 g/mol. The molecular weight excluding hydrogens is 267 g/mol. The smallest absolute Gasteiger partial charge is 0.152 e. The van der Waals surface area contributed by atoms with E-state index in [-0.39, 0.29) is 23.9 Å². The Labute approximate surface area is 113 Å². The largest absolute Gasteiger partial charge is 0.364 e. The van der Waals surface area contributed by atoms with Crippen LogP contribution in [0.15, 0.2) is 24.3 Å². The minimum atomic E-state index is -3.11. The highest BCUT2D eigenvalue weighted by atomic mass is 32.2. The number of hydrogen-bond donors (Lipinski definition) is 1. The highest BCUT2D eigenvalue weighted by Crippen LogP contribution is 2.32. The molecule has 1 aliphatic rings. The first kappa shape index (κ1) is 14.3. The third-order valence-corrected chi connectivity index (χ3v) is 5.78. The molecule has 2 rings (SSSR count). The number of para-hydroxylation sites is 1. The lowest BCUT2D eigenvalue weighted by Crippen LogP contribution is -2.59. The molecule has 1 fully saturated rings. The molecule has 6 heteroatoms. The summed E-state index contributed by atoms with van der Waals surface area (Å²) in [7, 11) is -1.40.